The highest BCUT2D eigenvalue weighted by atomic mass is 16.2. The SMILES string of the molecule is CCN(Cc1ccncc1)C(=O)Nc1cccc(C)c1. The molecule has 1 N–H and O–H groups in total. The number of nitrogens with zero attached hydrogens (tertiary/aromatic N) is 2. The maximum atomic E-state index is 12.3. The lowest BCUT2D eigenvalue weighted by Crippen LogP contribution is -2.34. The van der Waals surface area contributed by atoms with E-state index in [1.165, 1.54) is 0 Å². The maximum Gasteiger partial charge on any atom is 0.322 e. The van der Waals surface area contributed by atoms with E-state index < -0.39 is 0 Å². The molecule has 1 aromatic carbocycles. The highest BCUT2D eigenvalue weighted by molar-refractivity contribution is 5.89. The highest BCUT2D eigenvalue weighted by Crippen LogP contribution is 2.11. The molecule has 0 saturated heterocycles. The fourth-order valence-electron chi connectivity index (χ4n) is 1.96. The summed E-state index contributed by atoms with van der Waals surface area (Å²) in [5, 5.41) is 2.93. The molecule has 20 heavy (non-hydrogen) atoms. The fraction of sp³-hybridized carbons (Fsp3) is 0.250. The van der Waals surface area contributed by atoms with Crippen LogP contribution in [0.3, 0.4) is 0 Å². The number of amides is 2. The van der Waals surface area contributed by atoms with Crippen molar-refractivity contribution in [2.24, 2.45) is 0 Å². The molecule has 0 bridgehead atoms. The van der Waals surface area contributed by atoms with E-state index in [-0.39, 0.29) is 6.03 Å². The lowest BCUT2D eigenvalue weighted by molar-refractivity contribution is 0.212. The molecule has 0 fully saturated rings. The van der Waals surface area contributed by atoms with Gasteiger partial charge in [0.25, 0.3) is 0 Å². The predicted molar refractivity (Wildman–Crippen MR) is 80.5 cm³/mol. The molecule has 0 saturated carbocycles. The minimum absolute atomic E-state index is 0.0880. The highest BCUT2D eigenvalue weighted by Gasteiger charge is 2.12. The molecule has 1 heterocycles. The number of aryl methyl sites for hydroxylation is 1. The zero-order valence-electron chi connectivity index (χ0n) is 11.8. The Morgan fingerprint density at radius 1 is 1.25 bits per heavy atom. The molecule has 2 amide bonds. The average molecular weight is 269 g/mol. The topological polar surface area (TPSA) is 45.2 Å². The molecular formula is C16H19N3O. The van der Waals surface area contributed by atoms with Gasteiger partial charge in [0, 0.05) is 31.2 Å². The van der Waals surface area contributed by atoms with Gasteiger partial charge in [-0.15, -0.1) is 0 Å². The Morgan fingerprint density at radius 3 is 2.65 bits per heavy atom. The smallest absolute Gasteiger partial charge is 0.320 e. The maximum absolute atomic E-state index is 12.3. The van der Waals surface area contributed by atoms with E-state index in [2.05, 4.69) is 10.3 Å². The first kappa shape index (κ1) is 14.1. The number of nitrogens with one attached hydrogen (secondary N) is 1. The van der Waals surface area contributed by atoms with E-state index in [1.807, 2.05) is 50.2 Å². The summed E-state index contributed by atoms with van der Waals surface area (Å²) in [6, 6.07) is 11.5. The number of anilines is 1. The van der Waals surface area contributed by atoms with Gasteiger partial charge in [-0.05, 0) is 49.2 Å². The fourth-order valence-corrected chi connectivity index (χ4v) is 1.96. The first-order chi connectivity index (χ1) is 9.69. The van der Waals surface area contributed by atoms with E-state index in [0.29, 0.717) is 13.1 Å². The summed E-state index contributed by atoms with van der Waals surface area (Å²) in [6.07, 6.45) is 3.48. The van der Waals surface area contributed by atoms with Crippen LogP contribution in [-0.4, -0.2) is 22.5 Å². The second-order valence-corrected chi connectivity index (χ2v) is 4.67. The van der Waals surface area contributed by atoms with Crippen LogP contribution in [0.2, 0.25) is 0 Å². The molecule has 0 aliphatic heterocycles. The van der Waals surface area contributed by atoms with E-state index in [4.69, 9.17) is 0 Å². The van der Waals surface area contributed by atoms with Crippen molar-refractivity contribution < 1.29 is 4.79 Å². The number of hydrogen-bond acceptors (Lipinski definition) is 2. The molecule has 0 aliphatic rings. The van der Waals surface area contributed by atoms with Gasteiger partial charge in [0.15, 0.2) is 0 Å². The molecule has 104 valence electrons. The minimum Gasteiger partial charge on any atom is -0.320 e. The van der Waals surface area contributed by atoms with Gasteiger partial charge in [-0.1, -0.05) is 12.1 Å². The van der Waals surface area contributed by atoms with Gasteiger partial charge in [0.1, 0.15) is 0 Å². The number of pyridine rings is 1. The summed E-state index contributed by atoms with van der Waals surface area (Å²) in [5.41, 5.74) is 3.02. The number of hydrogen-bond donors (Lipinski definition) is 1. The Kier molecular flexibility index (Phi) is 4.71. The van der Waals surface area contributed by atoms with Gasteiger partial charge in [0.2, 0.25) is 0 Å². The van der Waals surface area contributed by atoms with E-state index >= 15 is 0 Å². The lowest BCUT2D eigenvalue weighted by atomic mass is 10.2. The summed E-state index contributed by atoms with van der Waals surface area (Å²) in [4.78, 5) is 18.0. The molecule has 4 nitrogen and oxygen atoms in total. The van der Waals surface area contributed by atoms with Gasteiger partial charge >= 0.3 is 6.03 Å². The third kappa shape index (κ3) is 3.82. The molecule has 1 aromatic heterocycles. The third-order valence-electron chi connectivity index (χ3n) is 3.06. The van der Waals surface area contributed by atoms with Crippen molar-refractivity contribution in [1.82, 2.24) is 9.88 Å². The van der Waals surface area contributed by atoms with Crippen molar-refractivity contribution in [2.75, 3.05) is 11.9 Å². The Bertz CT molecular complexity index is 569. The van der Waals surface area contributed by atoms with Gasteiger partial charge in [-0.3, -0.25) is 4.98 Å². The zero-order chi connectivity index (χ0) is 14.4. The van der Waals surface area contributed by atoms with E-state index in [9.17, 15) is 4.79 Å². The largest absolute Gasteiger partial charge is 0.322 e. The van der Waals surface area contributed by atoms with E-state index in [0.717, 1.165) is 16.8 Å². The van der Waals surface area contributed by atoms with Crippen LogP contribution in [0.25, 0.3) is 0 Å². The van der Waals surface area contributed by atoms with E-state index in [1.54, 1.807) is 17.3 Å². The Hall–Kier alpha value is -2.36. The second-order valence-electron chi connectivity index (χ2n) is 4.67. The van der Waals surface area contributed by atoms with Crippen LogP contribution >= 0.6 is 0 Å². The molecule has 0 unspecified atom stereocenters. The van der Waals surface area contributed by atoms with Crippen molar-refractivity contribution in [3.05, 3.63) is 59.9 Å². The summed E-state index contributed by atoms with van der Waals surface area (Å²) < 4.78 is 0. The van der Waals surface area contributed by atoms with Crippen LogP contribution in [0, 0.1) is 6.92 Å². The summed E-state index contributed by atoms with van der Waals surface area (Å²) >= 11 is 0. The van der Waals surface area contributed by atoms with Gasteiger partial charge in [-0.2, -0.15) is 0 Å². The van der Waals surface area contributed by atoms with Crippen LogP contribution in [-0.2, 0) is 6.54 Å². The average Bonchev–Trinajstić information content (AvgIpc) is 2.45. The van der Waals surface area contributed by atoms with Gasteiger partial charge < -0.3 is 10.2 Å². The van der Waals surface area contributed by atoms with Crippen molar-refractivity contribution in [3.8, 4) is 0 Å². The summed E-state index contributed by atoms with van der Waals surface area (Å²) in [6.45, 7) is 5.21. The second kappa shape index (κ2) is 6.70. The normalized spacial score (nSPS) is 10.1. The number of carbonyl (C=O) groups excluding carboxylic acids is 1. The monoisotopic (exact) mass is 269 g/mol. The van der Waals surface area contributed by atoms with Gasteiger partial charge in [-0.25, -0.2) is 4.79 Å². The zero-order valence-corrected chi connectivity index (χ0v) is 11.8. The Morgan fingerprint density at radius 2 is 2.00 bits per heavy atom. The standard InChI is InChI=1S/C16H19N3O/c1-3-19(12-14-7-9-17-10-8-14)16(20)18-15-6-4-5-13(2)11-15/h4-11H,3,12H2,1-2H3,(H,18,20). The minimum atomic E-state index is -0.0880. The van der Waals surface area contributed by atoms with Crippen LogP contribution in [0.4, 0.5) is 10.5 Å². The van der Waals surface area contributed by atoms with Crippen molar-refractivity contribution in [3.63, 3.8) is 0 Å². The molecule has 4 heteroatoms. The van der Waals surface area contributed by atoms with Crippen LogP contribution in [0.1, 0.15) is 18.1 Å². The van der Waals surface area contributed by atoms with Crippen molar-refractivity contribution in [2.45, 2.75) is 20.4 Å². The Labute approximate surface area is 119 Å². The number of benzene rings is 1. The van der Waals surface area contributed by atoms with Crippen LogP contribution in [0.5, 0.6) is 0 Å². The quantitative estimate of drug-likeness (QED) is 0.924. The number of urea groups is 1. The van der Waals surface area contributed by atoms with Crippen molar-refractivity contribution in [1.29, 1.82) is 0 Å². The van der Waals surface area contributed by atoms with Crippen LogP contribution < -0.4 is 5.32 Å². The molecule has 0 atom stereocenters. The molecule has 0 radical (unpaired) electrons. The molecule has 2 aromatic rings. The number of carbonyl (C=O) groups is 1. The first-order valence-corrected chi connectivity index (χ1v) is 6.70. The summed E-state index contributed by atoms with van der Waals surface area (Å²) in [7, 11) is 0. The first-order valence-electron chi connectivity index (χ1n) is 6.70. The number of rotatable bonds is 4. The lowest BCUT2D eigenvalue weighted by Gasteiger charge is -2.21. The third-order valence-corrected chi connectivity index (χ3v) is 3.06. The number of aromatic nitrogens is 1. The molecule has 0 spiro atoms. The van der Waals surface area contributed by atoms with Crippen molar-refractivity contribution >= 4 is 11.7 Å². The predicted octanol–water partition coefficient (Wildman–Crippen LogP) is 3.44. The van der Waals surface area contributed by atoms with Crippen LogP contribution in [0.15, 0.2) is 48.8 Å². The Balaban J connectivity index is 2.02. The summed E-state index contributed by atoms with van der Waals surface area (Å²) in [5.74, 6) is 0. The molecule has 2 rings (SSSR count). The molecule has 0 aliphatic carbocycles. The molecular weight excluding hydrogens is 250 g/mol. The van der Waals surface area contributed by atoms with Gasteiger partial charge in [0.05, 0.1) is 0 Å².